The van der Waals surface area contributed by atoms with E-state index in [1.165, 1.54) is 6.20 Å². The van der Waals surface area contributed by atoms with Crippen molar-refractivity contribution in [3.8, 4) is 5.75 Å². The second-order valence-electron chi connectivity index (χ2n) is 9.35. The van der Waals surface area contributed by atoms with E-state index < -0.39 is 5.60 Å². The van der Waals surface area contributed by atoms with Gasteiger partial charge in [0.05, 0.1) is 24.4 Å². The van der Waals surface area contributed by atoms with Crippen LogP contribution >= 0.6 is 11.6 Å². The average molecular weight is 487 g/mol. The number of carbonyl (C=O) groups is 2. The van der Waals surface area contributed by atoms with Gasteiger partial charge in [0.2, 0.25) is 5.91 Å². The molecule has 0 spiro atoms. The molecule has 1 aliphatic rings. The molecule has 1 aliphatic heterocycles. The van der Waals surface area contributed by atoms with Crippen LogP contribution < -0.4 is 10.1 Å². The summed E-state index contributed by atoms with van der Waals surface area (Å²) < 4.78 is 11.1. The highest BCUT2D eigenvalue weighted by atomic mass is 35.5. The molecule has 0 bridgehead atoms. The van der Waals surface area contributed by atoms with Gasteiger partial charge in [0.25, 0.3) is 0 Å². The molecular weight excluding hydrogens is 456 g/mol. The van der Waals surface area contributed by atoms with Crippen molar-refractivity contribution in [2.75, 3.05) is 18.4 Å². The lowest BCUT2D eigenvalue weighted by molar-refractivity contribution is -0.115. The minimum absolute atomic E-state index is 0.0484. The number of hydrogen-bond donors (Lipinski definition) is 1. The van der Waals surface area contributed by atoms with E-state index in [9.17, 15) is 9.59 Å². The lowest BCUT2D eigenvalue weighted by Crippen LogP contribution is -2.39. The van der Waals surface area contributed by atoms with E-state index in [2.05, 4.69) is 15.3 Å². The van der Waals surface area contributed by atoms with E-state index in [4.69, 9.17) is 21.1 Å². The Bertz CT molecular complexity index is 1060. The van der Waals surface area contributed by atoms with Crippen LogP contribution in [-0.4, -0.2) is 51.7 Å². The molecule has 0 fully saturated rings. The number of rotatable bonds is 6. The lowest BCUT2D eigenvalue weighted by Gasteiger charge is -2.29. The van der Waals surface area contributed by atoms with Crippen LogP contribution in [0.4, 0.5) is 10.6 Å². The van der Waals surface area contributed by atoms with E-state index in [1.807, 2.05) is 52.8 Å². The fourth-order valence-corrected chi connectivity index (χ4v) is 3.47. The van der Waals surface area contributed by atoms with Gasteiger partial charge in [-0.25, -0.2) is 9.78 Å². The van der Waals surface area contributed by atoms with E-state index in [0.717, 1.165) is 16.8 Å². The summed E-state index contributed by atoms with van der Waals surface area (Å²) in [6.07, 6.45) is 5.62. The number of hydrogen-bond acceptors (Lipinski definition) is 6. The first-order valence-corrected chi connectivity index (χ1v) is 11.6. The molecule has 182 valence electrons. The summed E-state index contributed by atoms with van der Waals surface area (Å²) in [6.45, 7) is 10.4. The largest absolute Gasteiger partial charge is 0.489 e. The normalized spacial score (nSPS) is 14.0. The molecule has 0 saturated carbocycles. The summed E-state index contributed by atoms with van der Waals surface area (Å²) >= 11 is 6.10. The molecule has 0 radical (unpaired) electrons. The number of halogens is 1. The van der Waals surface area contributed by atoms with Gasteiger partial charge in [-0.3, -0.25) is 9.78 Å². The van der Waals surface area contributed by atoms with Crippen LogP contribution in [-0.2, 0) is 16.0 Å². The van der Waals surface area contributed by atoms with Crippen molar-refractivity contribution in [3.63, 3.8) is 0 Å². The number of aromatic nitrogens is 2. The minimum Gasteiger partial charge on any atom is -0.489 e. The van der Waals surface area contributed by atoms with Crippen molar-refractivity contribution >= 4 is 35.0 Å². The number of nitrogens with zero attached hydrogens (tertiary/aromatic N) is 3. The Morgan fingerprint density at radius 1 is 1.21 bits per heavy atom. The molecule has 3 rings (SSSR count). The van der Waals surface area contributed by atoms with Crippen molar-refractivity contribution in [1.29, 1.82) is 0 Å². The highest BCUT2D eigenvalue weighted by Gasteiger charge is 2.24. The SMILES string of the molecule is CC(C)Oc1cc(NC(=O)Cc2ccc(C3=CCN(C(=O)OC(C)(C)C)CC3)nc2)ncc1Cl. The monoisotopic (exact) mass is 486 g/mol. The zero-order valence-electron chi connectivity index (χ0n) is 20.2. The molecule has 1 N–H and O–H groups in total. The number of nitrogens with one attached hydrogen (secondary N) is 1. The molecule has 0 unspecified atom stereocenters. The van der Waals surface area contributed by atoms with E-state index in [1.54, 1.807) is 17.2 Å². The Hall–Kier alpha value is -3.13. The maximum absolute atomic E-state index is 12.5. The first kappa shape index (κ1) is 25.5. The summed E-state index contributed by atoms with van der Waals surface area (Å²) in [7, 11) is 0. The fraction of sp³-hybridized carbons (Fsp3) is 0.440. The second kappa shape index (κ2) is 10.9. The van der Waals surface area contributed by atoms with Crippen LogP contribution in [0.15, 0.2) is 36.7 Å². The van der Waals surface area contributed by atoms with Crippen LogP contribution in [0.2, 0.25) is 5.02 Å². The van der Waals surface area contributed by atoms with Gasteiger partial charge in [-0.2, -0.15) is 0 Å². The molecule has 2 aromatic rings. The third-order valence-electron chi connectivity index (χ3n) is 4.83. The van der Waals surface area contributed by atoms with Crippen LogP contribution in [0.1, 0.15) is 52.3 Å². The maximum Gasteiger partial charge on any atom is 0.410 e. The Morgan fingerprint density at radius 2 is 1.97 bits per heavy atom. The second-order valence-corrected chi connectivity index (χ2v) is 9.76. The van der Waals surface area contributed by atoms with Crippen LogP contribution in [0.25, 0.3) is 5.57 Å². The lowest BCUT2D eigenvalue weighted by atomic mass is 10.0. The molecule has 3 heterocycles. The highest BCUT2D eigenvalue weighted by Crippen LogP contribution is 2.27. The summed E-state index contributed by atoms with van der Waals surface area (Å²) in [4.78, 5) is 35.0. The number of amides is 2. The van der Waals surface area contributed by atoms with Crippen molar-refractivity contribution < 1.29 is 19.1 Å². The minimum atomic E-state index is -0.515. The molecule has 9 heteroatoms. The molecule has 0 atom stereocenters. The standard InChI is InChI=1S/C25H31ClN4O4/c1-16(2)33-21-13-22(28-15-19(21)26)29-23(31)12-17-6-7-20(27-14-17)18-8-10-30(11-9-18)24(32)34-25(3,4)5/h6-8,13-16H,9-12H2,1-5H3,(H,28,29,31). The van der Waals surface area contributed by atoms with E-state index >= 15 is 0 Å². The van der Waals surface area contributed by atoms with E-state index in [0.29, 0.717) is 36.1 Å². The van der Waals surface area contributed by atoms with Crippen molar-refractivity contribution in [1.82, 2.24) is 14.9 Å². The van der Waals surface area contributed by atoms with Gasteiger partial charge < -0.3 is 19.7 Å². The summed E-state index contributed by atoms with van der Waals surface area (Å²) in [5, 5.41) is 3.15. The molecule has 0 saturated heterocycles. The first-order valence-electron chi connectivity index (χ1n) is 11.2. The van der Waals surface area contributed by atoms with Crippen molar-refractivity contribution in [3.05, 3.63) is 52.9 Å². The van der Waals surface area contributed by atoms with Gasteiger partial charge in [0, 0.05) is 25.4 Å². The van der Waals surface area contributed by atoms with Crippen LogP contribution in [0, 0.1) is 0 Å². The molecule has 0 aromatic carbocycles. The van der Waals surface area contributed by atoms with Crippen LogP contribution in [0.5, 0.6) is 5.75 Å². The Balaban J connectivity index is 1.56. The quantitative estimate of drug-likeness (QED) is 0.608. The van der Waals surface area contributed by atoms with Crippen molar-refractivity contribution in [2.24, 2.45) is 0 Å². The third-order valence-corrected chi connectivity index (χ3v) is 5.11. The number of carbonyl (C=O) groups excluding carboxylic acids is 2. The van der Waals surface area contributed by atoms with E-state index in [-0.39, 0.29) is 24.5 Å². The molecule has 2 amide bonds. The number of ether oxygens (including phenoxy) is 2. The van der Waals surface area contributed by atoms with Gasteiger partial charge in [0.15, 0.2) is 0 Å². The first-order chi connectivity index (χ1) is 16.0. The Morgan fingerprint density at radius 3 is 2.56 bits per heavy atom. The van der Waals surface area contributed by atoms with Crippen molar-refractivity contribution in [2.45, 2.75) is 59.2 Å². The fourth-order valence-electron chi connectivity index (χ4n) is 3.32. The predicted octanol–water partition coefficient (Wildman–Crippen LogP) is 5.12. The Kier molecular flexibility index (Phi) is 8.15. The topological polar surface area (TPSA) is 93.7 Å². The average Bonchev–Trinajstić information content (AvgIpc) is 2.75. The molecule has 2 aromatic heterocycles. The van der Waals surface area contributed by atoms with Gasteiger partial charge in [-0.1, -0.05) is 23.7 Å². The maximum atomic E-state index is 12.5. The number of anilines is 1. The Labute approximate surface area is 205 Å². The molecule has 8 nitrogen and oxygen atoms in total. The third kappa shape index (κ3) is 7.45. The molecular formula is C25H31ClN4O4. The van der Waals surface area contributed by atoms with Gasteiger partial charge >= 0.3 is 6.09 Å². The number of pyridine rings is 2. The summed E-state index contributed by atoms with van der Waals surface area (Å²) in [5.41, 5.74) is 2.17. The molecule has 0 aliphatic carbocycles. The van der Waals surface area contributed by atoms with Gasteiger partial charge in [0.1, 0.15) is 22.2 Å². The van der Waals surface area contributed by atoms with Crippen LogP contribution in [0.3, 0.4) is 0 Å². The molecule has 34 heavy (non-hydrogen) atoms. The van der Waals surface area contributed by atoms with Gasteiger partial charge in [-0.15, -0.1) is 0 Å². The zero-order valence-corrected chi connectivity index (χ0v) is 21.0. The smallest absolute Gasteiger partial charge is 0.410 e. The summed E-state index contributed by atoms with van der Waals surface area (Å²) in [6, 6.07) is 5.38. The predicted molar refractivity (Wildman–Crippen MR) is 132 cm³/mol. The summed E-state index contributed by atoms with van der Waals surface area (Å²) in [5.74, 6) is 0.625. The zero-order chi connectivity index (χ0) is 24.9. The van der Waals surface area contributed by atoms with Gasteiger partial charge in [-0.05, 0) is 58.2 Å². The highest BCUT2D eigenvalue weighted by molar-refractivity contribution is 6.32.